The van der Waals surface area contributed by atoms with E-state index < -0.39 is 17.5 Å². The van der Waals surface area contributed by atoms with E-state index in [-0.39, 0.29) is 16.7 Å². The molecule has 0 aliphatic rings. The van der Waals surface area contributed by atoms with Crippen molar-refractivity contribution in [1.82, 2.24) is 0 Å². The number of alkyl halides is 3. The zero-order valence-corrected chi connectivity index (χ0v) is 9.57. The van der Waals surface area contributed by atoms with Gasteiger partial charge < -0.3 is 5.11 Å². The molecular formula is C14H8F3NO. The van der Waals surface area contributed by atoms with Crippen molar-refractivity contribution in [1.29, 1.82) is 5.26 Å². The summed E-state index contributed by atoms with van der Waals surface area (Å²) in [5, 5.41) is 18.5. The molecule has 2 aromatic carbocycles. The lowest BCUT2D eigenvalue weighted by Crippen LogP contribution is -2.07. The van der Waals surface area contributed by atoms with Gasteiger partial charge in [-0.05, 0) is 29.8 Å². The van der Waals surface area contributed by atoms with Gasteiger partial charge in [-0.15, -0.1) is 0 Å². The van der Waals surface area contributed by atoms with E-state index in [0.29, 0.717) is 0 Å². The summed E-state index contributed by atoms with van der Waals surface area (Å²) in [6, 6.07) is 10.8. The predicted molar refractivity (Wildman–Crippen MR) is 63.3 cm³/mol. The zero-order chi connectivity index (χ0) is 14.0. The van der Waals surface area contributed by atoms with Gasteiger partial charge in [-0.3, -0.25) is 0 Å². The van der Waals surface area contributed by atoms with Gasteiger partial charge >= 0.3 is 6.18 Å². The molecule has 0 aliphatic carbocycles. The summed E-state index contributed by atoms with van der Waals surface area (Å²) in [5.74, 6) is -0.468. The van der Waals surface area contributed by atoms with E-state index in [1.165, 1.54) is 30.3 Å². The van der Waals surface area contributed by atoms with Crippen molar-refractivity contribution in [3.8, 4) is 22.9 Å². The lowest BCUT2D eigenvalue weighted by molar-refractivity contribution is -0.137. The minimum atomic E-state index is -4.57. The first kappa shape index (κ1) is 13.0. The molecule has 2 rings (SSSR count). The van der Waals surface area contributed by atoms with Crippen molar-refractivity contribution in [2.24, 2.45) is 0 Å². The summed E-state index contributed by atoms with van der Waals surface area (Å²) in [7, 11) is 0. The molecule has 0 radical (unpaired) electrons. The molecule has 0 unspecified atom stereocenters. The highest BCUT2D eigenvalue weighted by Gasteiger charge is 2.34. The van der Waals surface area contributed by atoms with Crippen molar-refractivity contribution in [2.75, 3.05) is 0 Å². The second-order valence-electron chi connectivity index (χ2n) is 3.89. The van der Waals surface area contributed by atoms with E-state index >= 15 is 0 Å². The quantitative estimate of drug-likeness (QED) is 0.846. The minimum Gasteiger partial charge on any atom is -0.507 e. The smallest absolute Gasteiger partial charge is 0.417 e. The van der Waals surface area contributed by atoms with Crippen molar-refractivity contribution < 1.29 is 18.3 Å². The van der Waals surface area contributed by atoms with E-state index in [1.54, 1.807) is 0 Å². The number of nitrogens with zero attached hydrogens (tertiary/aromatic N) is 1. The second kappa shape index (κ2) is 4.65. The van der Waals surface area contributed by atoms with E-state index in [9.17, 15) is 18.3 Å². The average molecular weight is 263 g/mol. The van der Waals surface area contributed by atoms with Gasteiger partial charge in [0, 0.05) is 5.56 Å². The predicted octanol–water partition coefficient (Wildman–Crippen LogP) is 3.95. The molecule has 5 heteroatoms. The molecule has 0 saturated carbocycles. The third-order valence-corrected chi connectivity index (χ3v) is 2.63. The molecule has 0 aromatic heterocycles. The van der Waals surface area contributed by atoms with Gasteiger partial charge in [-0.2, -0.15) is 18.4 Å². The summed E-state index contributed by atoms with van der Waals surface area (Å²) < 4.78 is 38.8. The lowest BCUT2D eigenvalue weighted by Gasteiger charge is -2.14. The first-order chi connectivity index (χ1) is 8.93. The first-order valence-electron chi connectivity index (χ1n) is 5.33. The molecule has 96 valence electrons. The maximum Gasteiger partial charge on any atom is 0.417 e. The monoisotopic (exact) mass is 263 g/mol. The third-order valence-electron chi connectivity index (χ3n) is 2.63. The molecule has 1 N–H and O–H groups in total. The Kier molecular flexibility index (Phi) is 3.17. The number of aromatic hydroxyl groups is 1. The van der Waals surface area contributed by atoms with Gasteiger partial charge in [0.25, 0.3) is 0 Å². The summed E-state index contributed by atoms with van der Waals surface area (Å²) in [4.78, 5) is 0. The van der Waals surface area contributed by atoms with Crippen LogP contribution in [0.3, 0.4) is 0 Å². The Balaban J connectivity index is 2.71. The fraction of sp³-hybridized carbons (Fsp3) is 0.0714. The Morgan fingerprint density at radius 2 is 1.74 bits per heavy atom. The topological polar surface area (TPSA) is 44.0 Å². The first-order valence-corrected chi connectivity index (χ1v) is 5.33. The van der Waals surface area contributed by atoms with Crippen LogP contribution in [-0.4, -0.2) is 5.11 Å². The third kappa shape index (κ3) is 2.52. The molecule has 0 saturated heterocycles. The van der Waals surface area contributed by atoms with Crippen molar-refractivity contribution >= 4 is 0 Å². The Morgan fingerprint density at radius 3 is 2.37 bits per heavy atom. The molecule has 2 nitrogen and oxygen atoms in total. The van der Waals surface area contributed by atoms with Gasteiger partial charge in [0.05, 0.1) is 17.2 Å². The number of benzene rings is 2. The highest BCUT2D eigenvalue weighted by molar-refractivity contribution is 5.75. The number of phenolic OH excluding ortho intramolecular Hbond substituents is 1. The molecular weight excluding hydrogens is 255 g/mol. The number of hydrogen-bond acceptors (Lipinski definition) is 2. The molecule has 0 bridgehead atoms. The lowest BCUT2D eigenvalue weighted by atomic mass is 9.97. The van der Waals surface area contributed by atoms with Crippen LogP contribution in [0.1, 0.15) is 11.1 Å². The number of halogens is 3. The molecule has 0 amide bonds. The van der Waals surface area contributed by atoms with Crippen molar-refractivity contribution in [3.63, 3.8) is 0 Å². The van der Waals surface area contributed by atoms with Gasteiger partial charge in [-0.1, -0.05) is 18.2 Å². The van der Waals surface area contributed by atoms with Crippen LogP contribution in [0.15, 0.2) is 42.5 Å². The van der Waals surface area contributed by atoms with Gasteiger partial charge in [-0.25, -0.2) is 0 Å². The normalized spacial score (nSPS) is 11.1. The molecule has 0 atom stereocenters. The molecule has 0 aliphatic heterocycles. The summed E-state index contributed by atoms with van der Waals surface area (Å²) in [6.07, 6.45) is -4.57. The largest absolute Gasteiger partial charge is 0.507 e. The standard InChI is InChI=1S/C14H8F3NO/c15-14(16,17)11-5-2-6-12(19)13(11)10-4-1-3-9(7-10)8-18/h1-7,19H. The molecule has 2 aromatic rings. The highest BCUT2D eigenvalue weighted by Crippen LogP contribution is 2.41. The fourth-order valence-corrected chi connectivity index (χ4v) is 1.82. The number of phenols is 1. The van der Waals surface area contributed by atoms with Crippen LogP contribution in [-0.2, 0) is 6.18 Å². The van der Waals surface area contributed by atoms with Crippen LogP contribution < -0.4 is 0 Å². The Hall–Kier alpha value is -2.48. The number of nitriles is 1. The number of hydrogen-bond donors (Lipinski definition) is 1. The molecule has 19 heavy (non-hydrogen) atoms. The Morgan fingerprint density at radius 1 is 1.05 bits per heavy atom. The number of rotatable bonds is 1. The highest BCUT2D eigenvalue weighted by atomic mass is 19.4. The van der Waals surface area contributed by atoms with Crippen LogP contribution in [0.4, 0.5) is 13.2 Å². The van der Waals surface area contributed by atoms with Crippen LogP contribution >= 0.6 is 0 Å². The summed E-state index contributed by atoms with van der Waals surface area (Å²) >= 11 is 0. The van der Waals surface area contributed by atoms with Crippen LogP contribution in [0.25, 0.3) is 11.1 Å². The zero-order valence-electron chi connectivity index (χ0n) is 9.57. The van der Waals surface area contributed by atoms with Crippen LogP contribution in [0.2, 0.25) is 0 Å². The Labute approximate surface area is 107 Å². The van der Waals surface area contributed by atoms with E-state index in [4.69, 9.17) is 5.26 Å². The van der Waals surface area contributed by atoms with E-state index in [2.05, 4.69) is 0 Å². The maximum absolute atomic E-state index is 12.9. The van der Waals surface area contributed by atoms with E-state index in [1.807, 2.05) is 6.07 Å². The summed E-state index contributed by atoms with van der Waals surface area (Å²) in [6.45, 7) is 0. The average Bonchev–Trinajstić information content (AvgIpc) is 2.37. The summed E-state index contributed by atoms with van der Waals surface area (Å²) in [5.41, 5.74) is -0.854. The Bertz CT molecular complexity index is 656. The van der Waals surface area contributed by atoms with Crippen molar-refractivity contribution in [2.45, 2.75) is 6.18 Å². The van der Waals surface area contributed by atoms with Gasteiger partial charge in [0.1, 0.15) is 5.75 Å². The van der Waals surface area contributed by atoms with Gasteiger partial charge in [0.15, 0.2) is 0 Å². The van der Waals surface area contributed by atoms with Crippen LogP contribution in [0, 0.1) is 11.3 Å². The van der Waals surface area contributed by atoms with Crippen LogP contribution in [0.5, 0.6) is 5.75 Å². The molecule has 0 heterocycles. The van der Waals surface area contributed by atoms with Gasteiger partial charge in [0.2, 0.25) is 0 Å². The SMILES string of the molecule is N#Cc1cccc(-c2c(O)cccc2C(F)(F)F)c1. The minimum absolute atomic E-state index is 0.157. The van der Waals surface area contributed by atoms with Crippen molar-refractivity contribution in [3.05, 3.63) is 53.6 Å². The molecule has 0 fully saturated rings. The second-order valence-corrected chi connectivity index (χ2v) is 3.89. The fourth-order valence-electron chi connectivity index (χ4n) is 1.82. The molecule has 0 spiro atoms. The van der Waals surface area contributed by atoms with E-state index in [0.717, 1.165) is 12.1 Å². The maximum atomic E-state index is 12.9.